The standard InChI is InChI=1S/C11H20O/c1-11-7-3-2-4-9(11)5-6-10(12)8-11/h9-10,12H,2-8H2,1H3/t9-,10-,11-/m1/s1. The molecule has 0 spiro atoms. The van der Waals surface area contributed by atoms with Crippen molar-refractivity contribution in [3.63, 3.8) is 0 Å². The highest BCUT2D eigenvalue weighted by Crippen LogP contribution is 2.49. The van der Waals surface area contributed by atoms with Gasteiger partial charge in [-0.1, -0.05) is 19.8 Å². The van der Waals surface area contributed by atoms with Gasteiger partial charge < -0.3 is 5.11 Å². The lowest BCUT2D eigenvalue weighted by Crippen LogP contribution is -2.38. The first-order chi connectivity index (χ1) is 5.71. The van der Waals surface area contributed by atoms with Crippen LogP contribution in [0.15, 0.2) is 0 Å². The number of hydrogen-bond acceptors (Lipinski definition) is 1. The van der Waals surface area contributed by atoms with E-state index in [0.717, 1.165) is 18.8 Å². The third kappa shape index (κ3) is 1.39. The highest BCUT2D eigenvalue weighted by molar-refractivity contribution is 4.91. The first-order valence-electron chi connectivity index (χ1n) is 5.39. The van der Waals surface area contributed by atoms with Crippen LogP contribution in [0.3, 0.4) is 0 Å². The quantitative estimate of drug-likeness (QED) is 0.589. The maximum atomic E-state index is 9.61. The molecule has 2 rings (SSSR count). The molecule has 70 valence electrons. The number of rotatable bonds is 0. The van der Waals surface area contributed by atoms with Gasteiger partial charge in [0.25, 0.3) is 0 Å². The van der Waals surface area contributed by atoms with Crippen LogP contribution in [0.25, 0.3) is 0 Å². The summed E-state index contributed by atoms with van der Waals surface area (Å²) in [5.41, 5.74) is 0.496. The van der Waals surface area contributed by atoms with Crippen LogP contribution in [0.5, 0.6) is 0 Å². The average molecular weight is 168 g/mol. The van der Waals surface area contributed by atoms with Gasteiger partial charge >= 0.3 is 0 Å². The van der Waals surface area contributed by atoms with Crippen molar-refractivity contribution in [3.05, 3.63) is 0 Å². The van der Waals surface area contributed by atoms with Crippen molar-refractivity contribution in [2.45, 2.75) is 58.0 Å². The summed E-state index contributed by atoms with van der Waals surface area (Å²) >= 11 is 0. The van der Waals surface area contributed by atoms with Crippen molar-refractivity contribution in [2.75, 3.05) is 0 Å². The Morgan fingerprint density at radius 3 is 2.83 bits per heavy atom. The van der Waals surface area contributed by atoms with Gasteiger partial charge in [-0.3, -0.25) is 0 Å². The van der Waals surface area contributed by atoms with Crippen LogP contribution in [-0.4, -0.2) is 11.2 Å². The molecule has 0 bridgehead atoms. The molecule has 0 heterocycles. The smallest absolute Gasteiger partial charge is 0.0545 e. The van der Waals surface area contributed by atoms with E-state index < -0.39 is 0 Å². The van der Waals surface area contributed by atoms with Crippen LogP contribution >= 0.6 is 0 Å². The van der Waals surface area contributed by atoms with Crippen LogP contribution in [-0.2, 0) is 0 Å². The van der Waals surface area contributed by atoms with Gasteiger partial charge in [-0.15, -0.1) is 0 Å². The van der Waals surface area contributed by atoms with E-state index in [0.29, 0.717) is 5.41 Å². The highest BCUT2D eigenvalue weighted by Gasteiger charge is 2.40. The number of aliphatic hydroxyl groups is 1. The molecular formula is C11H20O. The molecule has 1 heteroatoms. The maximum absolute atomic E-state index is 9.61. The fourth-order valence-electron chi connectivity index (χ4n) is 3.27. The number of aliphatic hydroxyl groups excluding tert-OH is 1. The third-order valence-electron chi connectivity index (χ3n) is 4.09. The largest absolute Gasteiger partial charge is 0.393 e. The molecule has 3 atom stereocenters. The summed E-state index contributed by atoms with van der Waals surface area (Å²) in [7, 11) is 0. The van der Waals surface area contributed by atoms with E-state index in [4.69, 9.17) is 0 Å². The molecule has 12 heavy (non-hydrogen) atoms. The van der Waals surface area contributed by atoms with E-state index in [9.17, 15) is 5.11 Å². The molecule has 2 saturated carbocycles. The van der Waals surface area contributed by atoms with E-state index in [-0.39, 0.29) is 6.10 Å². The van der Waals surface area contributed by atoms with Crippen molar-refractivity contribution < 1.29 is 5.11 Å². The lowest BCUT2D eigenvalue weighted by Gasteiger charge is -2.46. The molecule has 2 aliphatic rings. The second kappa shape index (κ2) is 3.02. The van der Waals surface area contributed by atoms with E-state index in [1.807, 2.05) is 0 Å². The molecule has 0 aromatic heterocycles. The fourth-order valence-corrected chi connectivity index (χ4v) is 3.27. The minimum absolute atomic E-state index is 0.00403. The average Bonchev–Trinajstić information content (AvgIpc) is 2.02. The zero-order valence-electron chi connectivity index (χ0n) is 8.05. The van der Waals surface area contributed by atoms with Crippen molar-refractivity contribution in [1.29, 1.82) is 0 Å². The fraction of sp³-hybridized carbons (Fsp3) is 1.00. The first-order valence-corrected chi connectivity index (χ1v) is 5.39. The maximum Gasteiger partial charge on any atom is 0.0545 e. The van der Waals surface area contributed by atoms with Gasteiger partial charge in [-0.05, 0) is 43.4 Å². The molecule has 2 aliphatic carbocycles. The van der Waals surface area contributed by atoms with Gasteiger partial charge in [0.2, 0.25) is 0 Å². The van der Waals surface area contributed by atoms with E-state index >= 15 is 0 Å². The molecule has 1 nitrogen and oxygen atoms in total. The minimum Gasteiger partial charge on any atom is -0.393 e. The Labute approximate surface area is 75.2 Å². The predicted molar refractivity (Wildman–Crippen MR) is 49.9 cm³/mol. The topological polar surface area (TPSA) is 20.2 Å². The van der Waals surface area contributed by atoms with Crippen LogP contribution in [0.4, 0.5) is 0 Å². The van der Waals surface area contributed by atoms with Gasteiger partial charge in [0.1, 0.15) is 0 Å². The third-order valence-corrected chi connectivity index (χ3v) is 4.09. The monoisotopic (exact) mass is 168 g/mol. The van der Waals surface area contributed by atoms with E-state index in [1.54, 1.807) is 0 Å². The Hall–Kier alpha value is -0.0400. The molecule has 2 fully saturated rings. The van der Waals surface area contributed by atoms with Crippen LogP contribution in [0.2, 0.25) is 0 Å². The van der Waals surface area contributed by atoms with Crippen LogP contribution in [0, 0.1) is 11.3 Å². The minimum atomic E-state index is 0.00403. The summed E-state index contributed by atoms with van der Waals surface area (Å²) in [5.74, 6) is 0.926. The van der Waals surface area contributed by atoms with Crippen molar-refractivity contribution in [1.82, 2.24) is 0 Å². The molecule has 0 radical (unpaired) electrons. The van der Waals surface area contributed by atoms with Crippen LogP contribution in [0.1, 0.15) is 51.9 Å². The van der Waals surface area contributed by atoms with E-state index in [1.165, 1.54) is 32.1 Å². The second-order valence-corrected chi connectivity index (χ2v) is 5.03. The van der Waals surface area contributed by atoms with Crippen LogP contribution < -0.4 is 0 Å². The molecule has 0 aliphatic heterocycles. The lowest BCUT2D eigenvalue weighted by atomic mass is 9.60. The summed E-state index contributed by atoms with van der Waals surface area (Å²) in [5, 5.41) is 9.61. The number of hydrogen-bond donors (Lipinski definition) is 1. The molecule has 0 amide bonds. The lowest BCUT2D eigenvalue weighted by molar-refractivity contribution is -0.0132. The Bertz CT molecular complexity index is 166. The van der Waals surface area contributed by atoms with Gasteiger partial charge in [-0.25, -0.2) is 0 Å². The second-order valence-electron chi connectivity index (χ2n) is 5.03. The van der Waals surface area contributed by atoms with E-state index in [2.05, 4.69) is 6.92 Å². The number of fused-ring (bicyclic) bond motifs is 1. The molecule has 1 N–H and O–H groups in total. The molecule has 0 aromatic carbocycles. The Morgan fingerprint density at radius 2 is 2.00 bits per heavy atom. The Balaban J connectivity index is 2.07. The first kappa shape index (κ1) is 8.55. The summed E-state index contributed by atoms with van der Waals surface area (Å²) < 4.78 is 0. The van der Waals surface area contributed by atoms with Crippen molar-refractivity contribution in [2.24, 2.45) is 11.3 Å². The van der Waals surface area contributed by atoms with Gasteiger partial charge in [0.15, 0.2) is 0 Å². The zero-order chi connectivity index (χ0) is 8.60. The highest BCUT2D eigenvalue weighted by atomic mass is 16.3. The Kier molecular flexibility index (Phi) is 2.16. The van der Waals surface area contributed by atoms with Crippen molar-refractivity contribution in [3.8, 4) is 0 Å². The van der Waals surface area contributed by atoms with Gasteiger partial charge in [0, 0.05) is 0 Å². The summed E-state index contributed by atoms with van der Waals surface area (Å²) in [6.45, 7) is 2.39. The molecule has 0 unspecified atom stereocenters. The SMILES string of the molecule is C[C@]12CCCC[C@@H]1CC[C@@H](O)C2. The summed E-state index contributed by atoms with van der Waals surface area (Å²) in [6, 6.07) is 0. The molecular weight excluding hydrogens is 148 g/mol. The van der Waals surface area contributed by atoms with Gasteiger partial charge in [-0.2, -0.15) is 0 Å². The normalized spacial score (nSPS) is 48.5. The summed E-state index contributed by atoms with van der Waals surface area (Å²) in [4.78, 5) is 0. The predicted octanol–water partition coefficient (Wildman–Crippen LogP) is 2.73. The Morgan fingerprint density at radius 1 is 1.17 bits per heavy atom. The van der Waals surface area contributed by atoms with Crippen molar-refractivity contribution >= 4 is 0 Å². The van der Waals surface area contributed by atoms with Gasteiger partial charge in [0.05, 0.1) is 6.10 Å². The molecule has 0 saturated heterocycles. The molecule has 0 aromatic rings. The zero-order valence-corrected chi connectivity index (χ0v) is 8.05. The summed E-state index contributed by atoms with van der Waals surface area (Å²) in [6.07, 6.45) is 8.99.